The average Bonchev–Trinajstić information content (AvgIpc) is 2.77. The van der Waals surface area contributed by atoms with Crippen molar-refractivity contribution in [2.24, 2.45) is 0 Å². The lowest BCUT2D eigenvalue weighted by molar-refractivity contribution is 0.102. The smallest absolute Gasteiger partial charge is 0.258 e. The molecule has 1 aromatic carbocycles. The molecule has 2 aromatic heterocycles. The second-order valence-corrected chi connectivity index (χ2v) is 6.29. The van der Waals surface area contributed by atoms with Crippen molar-refractivity contribution in [1.29, 1.82) is 0 Å². The lowest BCUT2D eigenvalue weighted by atomic mass is 10.1. The summed E-state index contributed by atoms with van der Waals surface area (Å²) in [4.78, 5) is 22.2. The van der Waals surface area contributed by atoms with Gasteiger partial charge < -0.3 is 9.88 Å². The minimum Gasteiger partial charge on any atom is -0.322 e. The highest BCUT2D eigenvalue weighted by Crippen LogP contribution is 2.24. The Hall–Kier alpha value is -2.69. The highest BCUT2D eigenvalue weighted by atomic mass is 16.1. The van der Waals surface area contributed by atoms with Crippen molar-refractivity contribution in [3.05, 3.63) is 53.5 Å². The molecule has 0 unspecified atom stereocenters. The Morgan fingerprint density at radius 3 is 2.79 bits per heavy atom. The number of hydrogen-bond acceptors (Lipinski definition) is 3. The van der Waals surface area contributed by atoms with Crippen LogP contribution in [0.4, 0.5) is 5.69 Å². The monoisotopic (exact) mass is 320 g/mol. The van der Waals surface area contributed by atoms with E-state index >= 15 is 0 Å². The molecule has 5 heteroatoms. The standard InChI is InChI=1S/C19H20N4O/c1-13-12-15(19(24)21-14-8-4-2-5-9-14)17-18(20-13)23-11-7-3-6-10-16(23)22-17/h2,4-5,8-9,12H,3,6-7,10-11H2,1H3,(H,21,24). The number of benzene rings is 1. The van der Waals surface area contributed by atoms with Crippen molar-refractivity contribution in [2.75, 3.05) is 5.32 Å². The maximum absolute atomic E-state index is 12.8. The van der Waals surface area contributed by atoms with Gasteiger partial charge in [0.05, 0.1) is 5.56 Å². The Morgan fingerprint density at radius 2 is 1.96 bits per heavy atom. The summed E-state index contributed by atoms with van der Waals surface area (Å²) in [5.41, 5.74) is 3.77. The fourth-order valence-corrected chi connectivity index (χ4v) is 3.31. The minimum absolute atomic E-state index is 0.134. The Morgan fingerprint density at radius 1 is 1.12 bits per heavy atom. The van der Waals surface area contributed by atoms with Crippen LogP contribution in [-0.4, -0.2) is 20.4 Å². The van der Waals surface area contributed by atoms with Crippen LogP contribution < -0.4 is 5.32 Å². The summed E-state index contributed by atoms with van der Waals surface area (Å²) in [6.45, 7) is 2.86. The number of fused-ring (bicyclic) bond motifs is 3. The molecule has 0 fully saturated rings. The van der Waals surface area contributed by atoms with Crippen LogP contribution in [0.15, 0.2) is 36.4 Å². The van der Waals surface area contributed by atoms with Crippen molar-refractivity contribution in [3.63, 3.8) is 0 Å². The summed E-state index contributed by atoms with van der Waals surface area (Å²) in [5, 5.41) is 2.95. The van der Waals surface area contributed by atoms with E-state index in [0.29, 0.717) is 11.1 Å². The van der Waals surface area contributed by atoms with Gasteiger partial charge in [0, 0.05) is 24.3 Å². The van der Waals surface area contributed by atoms with E-state index in [1.54, 1.807) is 0 Å². The van der Waals surface area contributed by atoms with Crippen LogP contribution in [0.25, 0.3) is 11.2 Å². The summed E-state index contributed by atoms with van der Waals surface area (Å²) >= 11 is 0. The van der Waals surface area contributed by atoms with Gasteiger partial charge in [0.1, 0.15) is 11.3 Å². The van der Waals surface area contributed by atoms with E-state index in [1.807, 2.05) is 43.3 Å². The van der Waals surface area contributed by atoms with Gasteiger partial charge in [-0.05, 0) is 38.0 Å². The Kier molecular flexibility index (Phi) is 3.76. The van der Waals surface area contributed by atoms with Crippen molar-refractivity contribution in [1.82, 2.24) is 14.5 Å². The molecule has 1 aliphatic heterocycles. The Balaban J connectivity index is 1.79. The maximum atomic E-state index is 12.8. The van der Waals surface area contributed by atoms with Crippen molar-refractivity contribution < 1.29 is 4.79 Å². The molecule has 1 amide bonds. The Labute approximate surface area is 140 Å². The number of anilines is 1. The van der Waals surface area contributed by atoms with Crippen LogP contribution in [0.5, 0.6) is 0 Å². The van der Waals surface area contributed by atoms with Crippen LogP contribution in [-0.2, 0) is 13.0 Å². The molecule has 0 saturated carbocycles. The third-order valence-electron chi connectivity index (χ3n) is 4.47. The van der Waals surface area contributed by atoms with Gasteiger partial charge >= 0.3 is 0 Å². The summed E-state index contributed by atoms with van der Waals surface area (Å²) in [7, 11) is 0. The Bertz CT molecular complexity index is 899. The molecule has 0 bridgehead atoms. The SMILES string of the molecule is Cc1cc(C(=O)Nc2ccccc2)c2nc3n(c2n1)CCCCC3. The van der Waals surface area contributed by atoms with Gasteiger partial charge in [-0.3, -0.25) is 4.79 Å². The molecular formula is C19H20N4O. The van der Waals surface area contributed by atoms with Crippen LogP contribution >= 0.6 is 0 Å². The summed E-state index contributed by atoms with van der Waals surface area (Å²) in [5.74, 6) is 0.916. The predicted molar refractivity (Wildman–Crippen MR) is 94.2 cm³/mol. The van der Waals surface area contributed by atoms with Gasteiger partial charge in [-0.15, -0.1) is 0 Å². The number of nitrogens with one attached hydrogen (secondary N) is 1. The van der Waals surface area contributed by atoms with Crippen molar-refractivity contribution in [3.8, 4) is 0 Å². The number of para-hydroxylation sites is 1. The second-order valence-electron chi connectivity index (χ2n) is 6.29. The zero-order valence-corrected chi connectivity index (χ0v) is 13.7. The fraction of sp³-hybridized carbons (Fsp3) is 0.316. The number of rotatable bonds is 2. The normalized spacial score (nSPS) is 14.2. The van der Waals surface area contributed by atoms with Gasteiger partial charge in [-0.1, -0.05) is 24.6 Å². The fourth-order valence-electron chi connectivity index (χ4n) is 3.31. The van der Waals surface area contributed by atoms with Gasteiger partial charge in [-0.2, -0.15) is 0 Å². The molecule has 0 radical (unpaired) electrons. The first kappa shape index (κ1) is 14.9. The number of pyridine rings is 1. The van der Waals surface area contributed by atoms with Crippen molar-refractivity contribution in [2.45, 2.75) is 39.2 Å². The number of carbonyl (C=O) groups excluding carboxylic acids is 1. The predicted octanol–water partition coefficient (Wildman–Crippen LogP) is 3.72. The first-order chi connectivity index (χ1) is 11.7. The topological polar surface area (TPSA) is 59.8 Å². The van der Waals surface area contributed by atoms with Crippen LogP contribution in [0.3, 0.4) is 0 Å². The van der Waals surface area contributed by atoms with Crippen LogP contribution in [0, 0.1) is 6.92 Å². The van der Waals surface area contributed by atoms with E-state index in [9.17, 15) is 4.79 Å². The highest BCUT2D eigenvalue weighted by molar-refractivity contribution is 6.11. The highest BCUT2D eigenvalue weighted by Gasteiger charge is 2.20. The molecule has 3 heterocycles. The summed E-state index contributed by atoms with van der Waals surface area (Å²) < 4.78 is 2.19. The number of hydrogen-bond donors (Lipinski definition) is 1. The average molecular weight is 320 g/mol. The van der Waals surface area contributed by atoms with E-state index in [2.05, 4.69) is 14.9 Å². The van der Waals surface area contributed by atoms with E-state index in [-0.39, 0.29) is 5.91 Å². The van der Waals surface area contributed by atoms with Gasteiger partial charge in [0.2, 0.25) is 0 Å². The number of aryl methyl sites for hydroxylation is 3. The van der Waals surface area contributed by atoms with E-state index < -0.39 is 0 Å². The summed E-state index contributed by atoms with van der Waals surface area (Å²) in [6.07, 6.45) is 4.46. The number of nitrogens with zero attached hydrogens (tertiary/aromatic N) is 3. The molecule has 1 aliphatic rings. The van der Waals surface area contributed by atoms with Crippen molar-refractivity contribution >= 4 is 22.8 Å². The molecule has 3 aromatic rings. The lowest BCUT2D eigenvalue weighted by Crippen LogP contribution is -2.13. The zero-order chi connectivity index (χ0) is 16.5. The molecule has 122 valence electrons. The maximum Gasteiger partial charge on any atom is 0.258 e. The van der Waals surface area contributed by atoms with Crippen LogP contribution in [0.1, 0.15) is 41.1 Å². The first-order valence-electron chi connectivity index (χ1n) is 8.45. The zero-order valence-electron chi connectivity index (χ0n) is 13.7. The number of imidazole rings is 1. The summed E-state index contributed by atoms with van der Waals surface area (Å²) in [6, 6.07) is 11.3. The van der Waals surface area contributed by atoms with E-state index in [4.69, 9.17) is 4.98 Å². The van der Waals surface area contributed by atoms with Gasteiger partial charge in [-0.25, -0.2) is 9.97 Å². The first-order valence-corrected chi connectivity index (χ1v) is 8.45. The van der Waals surface area contributed by atoms with Gasteiger partial charge in [0.15, 0.2) is 5.65 Å². The molecule has 5 nitrogen and oxygen atoms in total. The number of amides is 1. The molecule has 24 heavy (non-hydrogen) atoms. The van der Waals surface area contributed by atoms with E-state index in [1.165, 1.54) is 6.42 Å². The molecule has 0 saturated heterocycles. The minimum atomic E-state index is -0.134. The van der Waals surface area contributed by atoms with Gasteiger partial charge in [0.25, 0.3) is 5.91 Å². The van der Waals surface area contributed by atoms with E-state index in [0.717, 1.165) is 48.7 Å². The second kappa shape index (κ2) is 6.07. The molecule has 0 atom stereocenters. The molecular weight excluding hydrogens is 300 g/mol. The lowest BCUT2D eigenvalue weighted by Gasteiger charge is -2.08. The molecule has 4 rings (SSSR count). The third-order valence-corrected chi connectivity index (χ3v) is 4.47. The quantitative estimate of drug-likeness (QED) is 0.783. The molecule has 0 aliphatic carbocycles. The number of carbonyl (C=O) groups is 1. The van der Waals surface area contributed by atoms with Crippen LogP contribution in [0.2, 0.25) is 0 Å². The molecule has 0 spiro atoms. The number of aromatic nitrogens is 3. The third kappa shape index (κ3) is 2.66. The largest absolute Gasteiger partial charge is 0.322 e. The molecule has 1 N–H and O–H groups in total.